The monoisotopic (exact) mass is 164 g/mol. The van der Waals surface area contributed by atoms with Crippen LogP contribution in [0.3, 0.4) is 0 Å². The molecule has 0 heterocycles. The van der Waals surface area contributed by atoms with Gasteiger partial charge >= 0.3 is 0 Å². The largest absolute Gasteiger partial charge is 0.516 e. The smallest absolute Gasteiger partial charge is 0.0754 e. The first-order chi connectivity index (χ1) is 5.93. The van der Waals surface area contributed by atoms with Crippen molar-refractivity contribution in [3.8, 4) is 0 Å². The van der Waals surface area contributed by atoms with Crippen molar-refractivity contribution in [1.29, 1.82) is 0 Å². The summed E-state index contributed by atoms with van der Waals surface area (Å²) in [6.45, 7) is 0. The van der Waals surface area contributed by atoms with Gasteiger partial charge in [-0.3, -0.25) is 0 Å². The van der Waals surface area contributed by atoms with Gasteiger partial charge in [-0.05, 0) is 49.5 Å². The minimum atomic E-state index is 0.690. The van der Waals surface area contributed by atoms with Gasteiger partial charge in [0.15, 0.2) is 0 Å². The topological polar surface area (TPSA) is 20.2 Å². The molecule has 2 aliphatic carbocycles. The molecule has 1 unspecified atom stereocenters. The van der Waals surface area contributed by atoms with Gasteiger partial charge in [0.05, 0.1) is 6.26 Å². The van der Waals surface area contributed by atoms with Crippen LogP contribution < -0.4 is 0 Å². The summed E-state index contributed by atoms with van der Waals surface area (Å²) in [5.41, 5.74) is 0. The zero-order chi connectivity index (χ0) is 8.39. The first-order valence-electron chi connectivity index (χ1n) is 4.89. The number of fused-ring (bicyclic) bond motifs is 1. The Hall–Kier alpha value is -0.720. The van der Waals surface area contributed by atoms with Gasteiger partial charge in [-0.25, -0.2) is 0 Å². The highest BCUT2D eigenvalue weighted by molar-refractivity contribution is 5.08. The summed E-state index contributed by atoms with van der Waals surface area (Å²) < 4.78 is 0. The van der Waals surface area contributed by atoms with E-state index in [-0.39, 0.29) is 0 Å². The zero-order valence-corrected chi connectivity index (χ0v) is 7.32. The third-order valence-electron chi connectivity index (χ3n) is 3.21. The molecule has 0 bridgehead atoms. The zero-order valence-electron chi connectivity index (χ0n) is 7.32. The second kappa shape index (κ2) is 3.34. The Labute approximate surface area is 73.8 Å². The summed E-state index contributed by atoms with van der Waals surface area (Å²) in [6, 6.07) is 0. The Morgan fingerprint density at radius 2 is 1.67 bits per heavy atom. The molecule has 0 spiro atoms. The molecule has 1 heteroatoms. The molecule has 0 amide bonds. The Bertz CT molecular complexity index is 189. The lowest BCUT2D eigenvalue weighted by molar-refractivity contribution is 0.468. The Balaban J connectivity index is 1.93. The number of allylic oxidation sites excluding steroid dienone is 3. The van der Waals surface area contributed by atoms with E-state index >= 15 is 0 Å². The van der Waals surface area contributed by atoms with Gasteiger partial charge in [-0.15, -0.1) is 0 Å². The quantitative estimate of drug-likeness (QED) is 0.466. The highest BCUT2D eigenvalue weighted by atomic mass is 16.2. The molecule has 0 aromatic carbocycles. The van der Waals surface area contributed by atoms with Crippen molar-refractivity contribution in [3.05, 3.63) is 24.5 Å². The van der Waals surface area contributed by atoms with Gasteiger partial charge in [-0.1, -0.05) is 12.2 Å². The fourth-order valence-corrected chi connectivity index (χ4v) is 2.49. The van der Waals surface area contributed by atoms with E-state index in [2.05, 4.69) is 12.2 Å². The summed E-state index contributed by atoms with van der Waals surface area (Å²) in [7, 11) is 0. The predicted octanol–water partition coefficient (Wildman–Crippen LogP) is 3.05. The van der Waals surface area contributed by atoms with E-state index < -0.39 is 0 Å². The number of aliphatic hydroxyl groups excluding tert-OH is 1. The van der Waals surface area contributed by atoms with Crippen molar-refractivity contribution in [2.24, 2.45) is 17.8 Å². The standard InChI is InChI=1S/C11H16O/c12-8-7-11-9-5-3-1-2-4-6-10(9)11/h1-2,7-12H,3-6H2/b2-1-,8-7+/t9-,10+,11?. The highest BCUT2D eigenvalue weighted by Crippen LogP contribution is 2.53. The van der Waals surface area contributed by atoms with Gasteiger partial charge in [0.2, 0.25) is 0 Å². The van der Waals surface area contributed by atoms with Gasteiger partial charge in [0.25, 0.3) is 0 Å². The van der Waals surface area contributed by atoms with Crippen LogP contribution in [0.15, 0.2) is 24.5 Å². The van der Waals surface area contributed by atoms with E-state index in [1.807, 2.05) is 6.08 Å². The van der Waals surface area contributed by atoms with E-state index in [1.54, 1.807) is 0 Å². The molecule has 12 heavy (non-hydrogen) atoms. The van der Waals surface area contributed by atoms with Gasteiger partial charge in [-0.2, -0.15) is 0 Å². The molecule has 2 aliphatic rings. The molecular weight excluding hydrogens is 148 g/mol. The maximum absolute atomic E-state index is 8.67. The first kappa shape index (κ1) is 7.90. The van der Waals surface area contributed by atoms with Crippen molar-refractivity contribution < 1.29 is 5.11 Å². The maximum Gasteiger partial charge on any atom is 0.0754 e. The second-order valence-electron chi connectivity index (χ2n) is 3.87. The third kappa shape index (κ3) is 1.40. The van der Waals surface area contributed by atoms with Crippen LogP contribution in [0.5, 0.6) is 0 Å². The molecule has 0 aromatic rings. The molecule has 1 fully saturated rings. The predicted molar refractivity (Wildman–Crippen MR) is 49.8 cm³/mol. The molecule has 1 saturated carbocycles. The molecule has 0 radical (unpaired) electrons. The van der Waals surface area contributed by atoms with Crippen LogP contribution in [0.1, 0.15) is 25.7 Å². The van der Waals surface area contributed by atoms with Crippen LogP contribution in [-0.4, -0.2) is 5.11 Å². The van der Waals surface area contributed by atoms with E-state index in [0.29, 0.717) is 5.92 Å². The minimum absolute atomic E-state index is 0.690. The molecule has 3 atom stereocenters. The molecule has 1 N–H and O–H groups in total. The van der Waals surface area contributed by atoms with Crippen LogP contribution in [-0.2, 0) is 0 Å². The second-order valence-corrected chi connectivity index (χ2v) is 3.87. The van der Waals surface area contributed by atoms with Crippen LogP contribution in [0.4, 0.5) is 0 Å². The minimum Gasteiger partial charge on any atom is -0.516 e. The third-order valence-corrected chi connectivity index (χ3v) is 3.21. The van der Waals surface area contributed by atoms with Crippen molar-refractivity contribution in [1.82, 2.24) is 0 Å². The lowest BCUT2D eigenvalue weighted by Crippen LogP contribution is -1.85. The van der Waals surface area contributed by atoms with Crippen molar-refractivity contribution in [2.45, 2.75) is 25.7 Å². The number of hydrogen-bond acceptors (Lipinski definition) is 1. The van der Waals surface area contributed by atoms with Crippen molar-refractivity contribution in [2.75, 3.05) is 0 Å². The van der Waals surface area contributed by atoms with Crippen LogP contribution in [0, 0.1) is 17.8 Å². The van der Waals surface area contributed by atoms with Gasteiger partial charge in [0.1, 0.15) is 0 Å². The van der Waals surface area contributed by atoms with E-state index in [0.717, 1.165) is 11.8 Å². The maximum atomic E-state index is 8.67. The normalized spacial score (nSPS) is 43.2. The molecule has 0 saturated heterocycles. The molecular formula is C11H16O. The number of hydrogen-bond donors (Lipinski definition) is 1. The molecule has 2 rings (SSSR count). The molecule has 0 aromatic heterocycles. The van der Waals surface area contributed by atoms with Gasteiger partial charge < -0.3 is 5.11 Å². The Morgan fingerprint density at radius 1 is 1.08 bits per heavy atom. The fourth-order valence-electron chi connectivity index (χ4n) is 2.49. The summed E-state index contributed by atoms with van der Waals surface area (Å²) in [5.74, 6) is 2.44. The number of aliphatic hydroxyl groups is 1. The van der Waals surface area contributed by atoms with E-state index in [9.17, 15) is 0 Å². The van der Waals surface area contributed by atoms with Crippen LogP contribution in [0.2, 0.25) is 0 Å². The van der Waals surface area contributed by atoms with E-state index in [1.165, 1.54) is 31.9 Å². The number of rotatable bonds is 1. The molecule has 1 nitrogen and oxygen atoms in total. The van der Waals surface area contributed by atoms with Crippen LogP contribution in [0.25, 0.3) is 0 Å². The first-order valence-corrected chi connectivity index (χ1v) is 4.89. The summed E-state index contributed by atoms with van der Waals surface area (Å²) in [6.07, 6.45) is 12.9. The fraction of sp³-hybridized carbons (Fsp3) is 0.636. The lowest BCUT2D eigenvalue weighted by atomic mass is 10.1. The SMILES string of the molecule is O/C=C/C1[C@H]2CC/C=C\CC[C@@H]12. The Morgan fingerprint density at radius 3 is 2.17 bits per heavy atom. The highest BCUT2D eigenvalue weighted by Gasteiger charge is 2.46. The average molecular weight is 164 g/mol. The summed E-state index contributed by atoms with van der Waals surface area (Å²) >= 11 is 0. The van der Waals surface area contributed by atoms with Crippen molar-refractivity contribution in [3.63, 3.8) is 0 Å². The van der Waals surface area contributed by atoms with Gasteiger partial charge in [0, 0.05) is 0 Å². The lowest BCUT2D eigenvalue weighted by Gasteiger charge is -1.99. The summed E-state index contributed by atoms with van der Waals surface area (Å²) in [4.78, 5) is 0. The van der Waals surface area contributed by atoms with Crippen molar-refractivity contribution >= 4 is 0 Å². The van der Waals surface area contributed by atoms with Crippen LogP contribution >= 0.6 is 0 Å². The Kier molecular flexibility index (Phi) is 2.20. The molecule has 0 aliphatic heterocycles. The summed E-state index contributed by atoms with van der Waals surface area (Å²) in [5, 5.41) is 8.67. The molecule has 66 valence electrons. The van der Waals surface area contributed by atoms with E-state index in [4.69, 9.17) is 5.11 Å². The average Bonchev–Trinajstić information content (AvgIpc) is 2.61.